The lowest BCUT2D eigenvalue weighted by atomic mass is 10.2. The Hall–Kier alpha value is -1.22. The van der Waals surface area contributed by atoms with Crippen molar-refractivity contribution in [2.24, 2.45) is 0 Å². The molecule has 0 aliphatic heterocycles. The predicted octanol–water partition coefficient (Wildman–Crippen LogP) is 0.926. The highest BCUT2D eigenvalue weighted by atomic mass is 16.3. The van der Waals surface area contributed by atoms with Gasteiger partial charge < -0.3 is 15.5 Å². The number of phenols is 1. The summed E-state index contributed by atoms with van der Waals surface area (Å²) in [6.45, 7) is -0.0649. The summed E-state index contributed by atoms with van der Waals surface area (Å²) in [5.41, 5.74) is 1.54. The summed E-state index contributed by atoms with van der Waals surface area (Å²) in [5.74, 6) is 0.174. The molecular formula is C8H11NO2. The van der Waals surface area contributed by atoms with Gasteiger partial charge in [-0.05, 0) is 18.2 Å². The van der Waals surface area contributed by atoms with Crippen LogP contribution in [0.25, 0.3) is 0 Å². The van der Waals surface area contributed by atoms with Gasteiger partial charge in [-0.3, -0.25) is 0 Å². The van der Waals surface area contributed by atoms with Gasteiger partial charge in [-0.1, -0.05) is 0 Å². The lowest BCUT2D eigenvalue weighted by molar-refractivity contribution is 0.282. The minimum Gasteiger partial charge on any atom is -0.508 e. The first kappa shape index (κ1) is 7.88. The van der Waals surface area contributed by atoms with Crippen molar-refractivity contribution in [3.05, 3.63) is 23.8 Å². The van der Waals surface area contributed by atoms with E-state index in [0.717, 1.165) is 5.69 Å². The zero-order chi connectivity index (χ0) is 8.27. The van der Waals surface area contributed by atoms with Gasteiger partial charge in [0.25, 0.3) is 0 Å². The molecule has 0 amide bonds. The van der Waals surface area contributed by atoms with Crippen LogP contribution in [0.1, 0.15) is 5.56 Å². The molecule has 0 saturated carbocycles. The maximum atomic E-state index is 9.03. The van der Waals surface area contributed by atoms with Crippen LogP contribution in [0, 0.1) is 0 Å². The van der Waals surface area contributed by atoms with Crippen molar-refractivity contribution in [3.63, 3.8) is 0 Å². The molecule has 0 bridgehead atoms. The number of aliphatic hydroxyl groups excluding tert-OH is 1. The quantitative estimate of drug-likeness (QED) is 0.554. The fourth-order valence-corrected chi connectivity index (χ4v) is 0.955. The van der Waals surface area contributed by atoms with Crippen molar-refractivity contribution in [1.29, 1.82) is 0 Å². The number of hydrogen-bond donors (Lipinski definition) is 3. The number of rotatable bonds is 2. The van der Waals surface area contributed by atoms with Gasteiger partial charge in [0.2, 0.25) is 0 Å². The third-order valence-electron chi connectivity index (χ3n) is 1.53. The standard InChI is InChI=1S/C8H11NO2/c1-9-8-3-2-7(11)4-6(8)5-10/h2-4,9-11H,5H2,1H3. The molecule has 1 rings (SSSR count). The van der Waals surface area contributed by atoms with Gasteiger partial charge in [-0.15, -0.1) is 0 Å². The van der Waals surface area contributed by atoms with E-state index in [4.69, 9.17) is 10.2 Å². The van der Waals surface area contributed by atoms with Crippen LogP contribution in [0.5, 0.6) is 5.75 Å². The van der Waals surface area contributed by atoms with Gasteiger partial charge in [-0.25, -0.2) is 0 Å². The van der Waals surface area contributed by atoms with E-state index in [0.29, 0.717) is 5.56 Å². The molecule has 0 spiro atoms. The summed E-state index contributed by atoms with van der Waals surface area (Å²) < 4.78 is 0. The normalized spacial score (nSPS) is 9.64. The Morgan fingerprint density at radius 1 is 1.45 bits per heavy atom. The number of aliphatic hydroxyl groups is 1. The zero-order valence-corrected chi connectivity index (χ0v) is 6.33. The summed E-state index contributed by atoms with van der Waals surface area (Å²) >= 11 is 0. The van der Waals surface area contributed by atoms with Crippen LogP contribution in [0.15, 0.2) is 18.2 Å². The summed E-state index contributed by atoms with van der Waals surface area (Å²) in [5, 5.41) is 20.8. The molecule has 0 aliphatic rings. The third kappa shape index (κ3) is 1.62. The minimum absolute atomic E-state index is 0.0649. The molecule has 0 saturated heterocycles. The minimum atomic E-state index is -0.0649. The second-order valence-corrected chi connectivity index (χ2v) is 2.25. The molecule has 0 aromatic heterocycles. The smallest absolute Gasteiger partial charge is 0.116 e. The van der Waals surface area contributed by atoms with Crippen LogP contribution in [-0.2, 0) is 6.61 Å². The number of hydrogen-bond acceptors (Lipinski definition) is 3. The first-order chi connectivity index (χ1) is 5.27. The van der Waals surface area contributed by atoms with E-state index in [9.17, 15) is 0 Å². The van der Waals surface area contributed by atoms with Crippen LogP contribution >= 0.6 is 0 Å². The molecule has 0 unspecified atom stereocenters. The van der Waals surface area contributed by atoms with Crippen molar-refractivity contribution in [3.8, 4) is 5.75 Å². The zero-order valence-electron chi connectivity index (χ0n) is 6.33. The summed E-state index contributed by atoms with van der Waals surface area (Å²) in [7, 11) is 1.77. The Morgan fingerprint density at radius 2 is 2.18 bits per heavy atom. The first-order valence-corrected chi connectivity index (χ1v) is 3.38. The molecule has 0 radical (unpaired) electrons. The highest BCUT2D eigenvalue weighted by Crippen LogP contribution is 2.20. The molecule has 60 valence electrons. The summed E-state index contributed by atoms with van der Waals surface area (Å²) in [6.07, 6.45) is 0. The van der Waals surface area contributed by atoms with Gasteiger partial charge in [0.15, 0.2) is 0 Å². The maximum absolute atomic E-state index is 9.03. The number of phenolic OH excluding ortho intramolecular Hbond substituents is 1. The number of aromatic hydroxyl groups is 1. The molecule has 1 aromatic carbocycles. The van der Waals surface area contributed by atoms with Crippen molar-refractivity contribution in [2.75, 3.05) is 12.4 Å². The van der Waals surface area contributed by atoms with Gasteiger partial charge in [0.05, 0.1) is 6.61 Å². The average molecular weight is 153 g/mol. The molecule has 0 fully saturated rings. The molecule has 3 nitrogen and oxygen atoms in total. The molecule has 0 aliphatic carbocycles. The van der Waals surface area contributed by atoms with Gasteiger partial charge in [0.1, 0.15) is 5.75 Å². The highest BCUT2D eigenvalue weighted by Gasteiger charge is 1.99. The summed E-state index contributed by atoms with van der Waals surface area (Å²) in [4.78, 5) is 0. The van der Waals surface area contributed by atoms with Crippen molar-refractivity contribution < 1.29 is 10.2 Å². The van der Waals surface area contributed by atoms with E-state index in [1.165, 1.54) is 6.07 Å². The lowest BCUT2D eigenvalue weighted by Crippen LogP contribution is -1.94. The van der Waals surface area contributed by atoms with Crippen LogP contribution in [0.2, 0.25) is 0 Å². The fourth-order valence-electron chi connectivity index (χ4n) is 0.955. The van der Waals surface area contributed by atoms with E-state index >= 15 is 0 Å². The predicted molar refractivity (Wildman–Crippen MR) is 43.6 cm³/mol. The van der Waals surface area contributed by atoms with E-state index in [-0.39, 0.29) is 12.4 Å². The summed E-state index contributed by atoms with van der Waals surface area (Å²) in [6, 6.07) is 4.83. The fraction of sp³-hybridized carbons (Fsp3) is 0.250. The Labute approximate surface area is 65.3 Å². The molecule has 1 aromatic rings. The lowest BCUT2D eigenvalue weighted by Gasteiger charge is -2.05. The van der Waals surface area contributed by atoms with Gasteiger partial charge >= 0.3 is 0 Å². The monoisotopic (exact) mass is 153 g/mol. The number of benzene rings is 1. The second kappa shape index (κ2) is 3.25. The SMILES string of the molecule is CNc1ccc(O)cc1CO. The number of anilines is 1. The highest BCUT2D eigenvalue weighted by molar-refractivity contribution is 5.53. The Kier molecular flexibility index (Phi) is 2.33. The van der Waals surface area contributed by atoms with Crippen molar-refractivity contribution >= 4 is 5.69 Å². The maximum Gasteiger partial charge on any atom is 0.116 e. The Balaban J connectivity index is 3.06. The van der Waals surface area contributed by atoms with Crippen molar-refractivity contribution in [1.82, 2.24) is 0 Å². The van der Waals surface area contributed by atoms with Crippen LogP contribution in [0.3, 0.4) is 0 Å². The number of nitrogens with one attached hydrogen (secondary N) is 1. The van der Waals surface area contributed by atoms with E-state index in [1.807, 2.05) is 0 Å². The van der Waals surface area contributed by atoms with Gasteiger partial charge in [-0.2, -0.15) is 0 Å². The molecule has 3 heteroatoms. The molecule has 11 heavy (non-hydrogen) atoms. The third-order valence-corrected chi connectivity index (χ3v) is 1.53. The Morgan fingerprint density at radius 3 is 2.73 bits per heavy atom. The van der Waals surface area contributed by atoms with Crippen LogP contribution in [-0.4, -0.2) is 17.3 Å². The van der Waals surface area contributed by atoms with E-state index < -0.39 is 0 Å². The van der Waals surface area contributed by atoms with Gasteiger partial charge in [0, 0.05) is 18.3 Å². The van der Waals surface area contributed by atoms with Crippen LogP contribution < -0.4 is 5.32 Å². The molecule has 0 heterocycles. The molecule has 0 atom stereocenters. The van der Waals surface area contributed by atoms with E-state index in [1.54, 1.807) is 19.2 Å². The van der Waals surface area contributed by atoms with E-state index in [2.05, 4.69) is 5.32 Å². The molecular weight excluding hydrogens is 142 g/mol. The largest absolute Gasteiger partial charge is 0.508 e. The first-order valence-electron chi connectivity index (χ1n) is 3.38. The molecule has 3 N–H and O–H groups in total. The van der Waals surface area contributed by atoms with Crippen LogP contribution in [0.4, 0.5) is 5.69 Å². The van der Waals surface area contributed by atoms with Crippen molar-refractivity contribution in [2.45, 2.75) is 6.61 Å². The Bertz CT molecular complexity index is 248. The second-order valence-electron chi connectivity index (χ2n) is 2.25. The average Bonchev–Trinajstić information content (AvgIpc) is 2.04. The topological polar surface area (TPSA) is 52.5 Å².